The van der Waals surface area contributed by atoms with E-state index in [0.29, 0.717) is 17.3 Å². The average Bonchev–Trinajstić information content (AvgIpc) is 2.73. The van der Waals surface area contributed by atoms with Crippen molar-refractivity contribution in [2.24, 2.45) is 0 Å². The lowest BCUT2D eigenvalue weighted by atomic mass is 10.1. The number of nitrogens with one attached hydrogen (secondary N) is 1. The minimum absolute atomic E-state index is 0.0151. The quantitative estimate of drug-likeness (QED) is 0.247. The highest BCUT2D eigenvalue weighted by Gasteiger charge is 2.12. The standard InChI is InChI=1S/C23H16ClIN2O2/c24-19-8-4-5-9-21(19)27-23(28)18(14-26)12-17-10-11-22(20(25)13-17)29-15-16-6-2-1-3-7-16/h1-13H,15H2,(H,27,28)/b18-12+. The van der Waals surface area contributed by atoms with Crippen LogP contribution in [0.1, 0.15) is 11.1 Å². The van der Waals surface area contributed by atoms with Crippen molar-refractivity contribution in [2.45, 2.75) is 6.61 Å². The second kappa shape index (κ2) is 10.1. The molecule has 144 valence electrons. The third kappa shape index (κ3) is 5.83. The molecule has 0 aromatic heterocycles. The lowest BCUT2D eigenvalue weighted by molar-refractivity contribution is -0.112. The topological polar surface area (TPSA) is 62.1 Å². The van der Waals surface area contributed by atoms with Crippen LogP contribution >= 0.6 is 34.2 Å². The zero-order valence-electron chi connectivity index (χ0n) is 15.2. The molecule has 0 aliphatic heterocycles. The Kier molecular flexibility index (Phi) is 7.28. The number of anilines is 1. The molecule has 1 N–H and O–H groups in total. The molecule has 4 nitrogen and oxygen atoms in total. The molecule has 0 unspecified atom stereocenters. The van der Waals surface area contributed by atoms with Gasteiger partial charge in [-0.1, -0.05) is 60.1 Å². The number of amides is 1. The van der Waals surface area contributed by atoms with Gasteiger partial charge in [0.1, 0.15) is 24.0 Å². The van der Waals surface area contributed by atoms with Crippen molar-refractivity contribution in [3.05, 3.63) is 98.1 Å². The van der Waals surface area contributed by atoms with Crippen LogP contribution in [0.15, 0.2) is 78.4 Å². The predicted molar refractivity (Wildman–Crippen MR) is 124 cm³/mol. The van der Waals surface area contributed by atoms with Crippen molar-refractivity contribution < 1.29 is 9.53 Å². The minimum Gasteiger partial charge on any atom is -0.488 e. The predicted octanol–water partition coefficient (Wildman–Crippen LogP) is 6.07. The van der Waals surface area contributed by atoms with E-state index in [-0.39, 0.29) is 5.57 Å². The molecule has 0 aliphatic rings. The van der Waals surface area contributed by atoms with Crippen LogP contribution in [0.3, 0.4) is 0 Å². The maximum atomic E-state index is 12.4. The highest BCUT2D eigenvalue weighted by Crippen LogP contribution is 2.25. The fourth-order valence-corrected chi connectivity index (χ4v) is 3.40. The summed E-state index contributed by atoms with van der Waals surface area (Å²) < 4.78 is 6.75. The average molecular weight is 515 g/mol. The van der Waals surface area contributed by atoms with Crippen molar-refractivity contribution in [2.75, 3.05) is 5.32 Å². The van der Waals surface area contributed by atoms with Gasteiger partial charge in [-0.25, -0.2) is 0 Å². The number of hydrogen-bond donors (Lipinski definition) is 1. The van der Waals surface area contributed by atoms with Crippen molar-refractivity contribution in [3.8, 4) is 11.8 Å². The summed E-state index contributed by atoms with van der Waals surface area (Å²) in [6, 6.07) is 24.2. The van der Waals surface area contributed by atoms with Gasteiger partial charge in [0.2, 0.25) is 0 Å². The zero-order valence-corrected chi connectivity index (χ0v) is 18.1. The summed E-state index contributed by atoms with van der Waals surface area (Å²) in [4.78, 5) is 12.4. The highest BCUT2D eigenvalue weighted by atomic mass is 127. The van der Waals surface area contributed by atoms with Crippen LogP contribution in [-0.4, -0.2) is 5.91 Å². The van der Waals surface area contributed by atoms with E-state index >= 15 is 0 Å². The Bertz CT molecular complexity index is 1090. The summed E-state index contributed by atoms with van der Waals surface area (Å²) in [6.45, 7) is 0.468. The van der Waals surface area contributed by atoms with Gasteiger partial charge in [-0.3, -0.25) is 4.79 Å². The van der Waals surface area contributed by atoms with Gasteiger partial charge in [0.15, 0.2) is 0 Å². The maximum Gasteiger partial charge on any atom is 0.266 e. The molecule has 0 fully saturated rings. The summed E-state index contributed by atoms with van der Waals surface area (Å²) in [5, 5.41) is 12.5. The molecule has 3 rings (SSSR count). The van der Waals surface area contributed by atoms with Crippen LogP contribution in [0, 0.1) is 14.9 Å². The fraction of sp³-hybridized carbons (Fsp3) is 0.0435. The van der Waals surface area contributed by atoms with Crippen LogP contribution in [0.2, 0.25) is 5.02 Å². The van der Waals surface area contributed by atoms with Gasteiger partial charge >= 0.3 is 0 Å². The first-order chi connectivity index (χ1) is 14.1. The lowest BCUT2D eigenvalue weighted by Gasteiger charge is -2.09. The SMILES string of the molecule is N#C/C(=C\c1ccc(OCc2ccccc2)c(I)c1)C(=O)Nc1ccccc1Cl. The van der Waals surface area contributed by atoms with Crippen molar-refractivity contribution >= 4 is 51.9 Å². The molecule has 0 bridgehead atoms. The van der Waals surface area contributed by atoms with E-state index < -0.39 is 5.91 Å². The largest absolute Gasteiger partial charge is 0.488 e. The molecule has 0 spiro atoms. The molecule has 0 radical (unpaired) electrons. The highest BCUT2D eigenvalue weighted by molar-refractivity contribution is 14.1. The third-order valence-corrected chi connectivity index (χ3v) is 5.16. The number of rotatable bonds is 6. The molecule has 3 aromatic rings. The van der Waals surface area contributed by atoms with Crippen molar-refractivity contribution in [1.29, 1.82) is 5.26 Å². The molecule has 3 aromatic carbocycles. The van der Waals surface area contributed by atoms with E-state index in [0.717, 1.165) is 20.4 Å². The van der Waals surface area contributed by atoms with Crippen LogP contribution in [0.5, 0.6) is 5.75 Å². The second-order valence-electron chi connectivity index (χ2n) is 6.07. The molecule has 0 saturated heterocycles. The second-order valence-corrected chi connectivity index (χ2v) is 7.64. The first kappa shape index (κ1) is 20.9. The Morgan fingerprint density at radius 2 is 1.83 bits per heavy atom. The fourth-order valence-electron chi connectivity index (χ4n) is 2.53. The minimum atomic E-state index is -0.514. The van der Waals surface area contributed by atoms with E-state index in [1.165, 1.54) is 6.08 Å². The maximum absolute atomic E-state index is 12.4. The lowest BCUT2D eigenvalue weighted by Crippen LogP contribution is -2.13. The van der Waals surface area contributed by atoms with Crippen LogP contribution in [0.4, 0.5) is 5.69 Å². The Labute approximate surface area is 187 Å². The van der Waals surface area contributed by atoms with Crippen LogP contribution in [-0.2, 0) is 11.4 Å². The molecule has 1 amide bonds. The molecular formula is C23H16ClIN2O2. The van der Waals surface area contributed by atoms with Gasteiger partial charge in [0, 0.05) is 0 Å². The van der Waals surface area contributed by atoms with E-state index in [4.69, 9.17) is 16.3 Å². The number of nitrogens with zero attached hydrogens (tertiary/aromatic N) is 1. The molecule has 0 heterocycles. The summed E-state index contributed by atoms with van der Waals surface area (Å²) in [5.41, 5.74) is 2.25. The van der Waals surface area contributed by atoms with Crippen LogP contribution in [0.25, 0.3) is 6.08 Å². The number of benzene rings is 3. The third-order valence-electron chi connectivity index (χ3n) is 3.99. The molecular weight excluding hydrogens is 499 g/mol. The Balaban J connectivity index is 1.72. The van der Waals surface area contributed by atoms with Gasteiger partial charge in [-0.2, -0.15) is 5.26 Å². The van der Waals surface area contributed by atoms with Gasteiger partial charge in [0.05, 0.1) is 14.3 Å². The van der Waals surface area contributed by atoms with E-state index in [1.807, 2.05) is 54.6 Å². The number of para-hydroxylation sites is 1. The van der Waals surface area contributed by atoms with E-state index in [1.54, 1.807) is 24.3 Å². The molecule has 0 saturated carbocycles. The van der Waals surface area contributed by atoms with Gasteiger partial charge in [0.25, 0.3) is 5.91 Å². The number of carbonyl (C=O) groups is 1. The molecule has 0 atom stereocenters. The first-order valence-corrected chi connectivity index (χ1v) is 10.2. The number of halogens is 2. The van der Waals surface area contributed by atoms with Crippen molar-refractivity contribution in [3.63, 3.8) is 0 Å². The van der Waals surface area contributed by atoms with E-state index in [2.05, 4.69) is 27.9 Å². The van der Waals surface area contributed by atoms with Crippen LogP contribution < -0.4 is 10.1 Å². The monoisotopic (exact) mass is 514 g/mol. The molecule has 6 heteroatoms. The summed E-state index contributed by atoms with van der Waals surface area (Å²) in [7, 11) is 0. The molecule has 29 heavy (non-hydrogen) atoms. The molecule has 0 aliphatic carbocycles. The van der Waals surface area contributed by atoms with Gasteiger partial charge < -0.3 is 10.1 Å². The van der Waals surface area contributed by atoms with Crippen molar-refractivity contribution in [1.82, 2.24) is 0 Å². The zero-order chi connectivity index (χ0) is 20.6. The normalized spacial score (nSPS) is 10.9. The van der Waals surface area contributed by atoms with Gasteiger partial charge in [-0.15, -0.1) is 0 Å². The first-order valence-electron chi connectivity index (χ1n) is 8.71. The smallest absolute Gasteiger partial charge is 0.266 e. The number of carbonyl (C=O) groups excluding carboxylic acids is 1. The number of nitriles is 1. The summed E-state index contributed by atoms with van der Waals surface area (Å²) in [5.74, 6) is 0.227. The Morgan fingerprint density at radius 1 is 1.10 bits per heavy atom. The number of ether oxygens (including phenoxy) is 1. The van der Waals surface area contributed by atoms with Gasteiger partial charge in [-0.05, 0) is 64.1 Å². The summed E-state index contributed by atoms with van der Waals surface area (Å²) in [6.07, 6.45) is 1.54. The Morgan fingerprint density at radius 3 is 2.52 bits per heavy atom. The Hall–Kier alpha value is -2.82. The summed E-state index contributed by atoms with van der Waals surface area (Å²) >= 11 is 8.23. The van der Waals surface area contributed by atoms with E-state index in [9.17, 15) is 10.1 Å². The number of hydrogen-bond acceptors (Lipinski definition) is 3.